The van der Waals surface area contributed by atoms with Crippen molar-refractivity contribution in [3.8, 4) is 0 Å². The number of aromatic nitrogens is 1. The second-order valence-corrected chi connectivity index (χ2v) is 5.19. The minimum absolute atomic E-state index is 0.132. The molecule has 2 aromatic rings. The number of anilines is 1. The number of nitrogens with zero attached hydrogens (tertiary/aromatic N) is 2. The van der Waals surface area contributed by atoms with Gasteiger partial charge in [-0.15, -0.1) is 0 Å². The summed E-state index contributed by atoms with van der Waals surface area (Å²) in [5, 5.41) is 3.41. The van der Waals surface area contributed by atoms with Gasteiger partial charge in [-0.1, -0.05) is 18.2 Å². The molecule has 0 spiro atoms. The highest BCUT2D eigenvalue weighted by atomic mass is 19.1. The van der Waals surface area contributed by atoms with Gasteiger partial charge in [0.25, 0.3) is 0 Å². The van der Waals surface area contributed by atoms with E-state index in [-0.39, 0.29) is 11.9 Å². The Morgan fingerprint density at radius 2 is 1.95 bits per heavy atom. The van der Waals surface area contributed by atoms with Gasteiger partial charge < -0.3 is 10.2 Å². The van der Waals surface area contributed by atoms with Crippen LogP contribution >= 0.6 is 0 Å². The quantitative estimate of drug-likeness (QED) is 0.791. The van der Waals surface area contributed by atoms with Crippen LogP contribution in [0.15, 0.2) is 48.7 Å². The summed E-state index contributed by atoms with van der Waals surface area (Å²) >= 11 is 0. The van der Waals surface area contributed by atoms with Gasteiger partial charge in [0.1, 0.15) is 5.82 Å². The molecule has 1 aromatic carbocycles. The molecule has 0 aliphatic heterocycles. The molecule has 0 saturated heterocycles. The summed E-state index contributed by atoms with van der Waals surface area (Å²) in [5.74, 6) is -0.296. The van der Waals surface area contributed by atoms with Crippen LogP contribution in [0, 0.1) is 5.82 Å². The van der Waals surface area contributed by atoms with E-state index in [9.17, 15) is 4.39 Å². The number of para-hydroxylation sites is 1. The number of pyridine rings is 1. The van der Waals surface area contributed by atoms with Crippen LogP contribution in [0.1, 0.15) is 25.1 Å². The lowest BCUT2D eigenvalue weighted by Crippen LogP contribution is -2.25. The van der Waals surface area contributed by atoms with E-state index in [1.165, 1.54) is 18.0 Å². The highest BCUT2D eigenvalue weighted by Gasteiger charge is 2.06. The highest BCUT2D eigenvalue weighted by molar-refractivity contribution is 5.44. The van der Waals surface area contributed by atoms with E-state index in [0.717, 1.165) is 25.2 Å². The van der Waals surface area contributed by atoms with E-state index < -0.39 is 0 Å². The maximum absolute atomic E-state index is 12.8. The normalized spacial score (nSPS) is 12.1. The van der Waals surface area contributed by atoms with Crippen LogP contribution in [-0.4, -0.2) is 25.1 Å². The van der Waals surface area contributed by atoms with E-state index in [2.05, 4.69) is 34.4 Å². The van der Waals surface area contributed by atoms with Crippen LogP contribution in [0.4, 0.5) is 10.1 Å². The van der Waals surface area contributed by atoms with Crippen LogP contribution in [-0.2, 0) is 0 Å². The average molecular weight is 287 g/mol. The third kappa shape index (κ3) is 4.83. The molecule has 0 bridgehead atoms. The van der Waals surface area contributed by atoms with Crippen molar-refractivity contribution in [3.63, 3.8) is 0 Å². The molecule has 0 fully saturated rings. The number of halogens is 1. The van der Waals surface area contributed by atoms with Crippen molar-refractivity contribution in [2.24, 2.45) is 0 Å². The Morgan fingerprint density at radius 3 is 2.62 bits per heavy atom. The van der Waals surface area contributed by atoms with Crippen LogP contribution in [0.25, 0.3) is 0 Å². The first-order chi connectivity index (χ1) is 10.2. The third-order valence-corrected chi connectivity index (χ3v) is 3.51. The second-order valence-electron chi connectivity index (χ2n) is 5.19. The molecule has 3 nitrogen and oxygen atoms in total. The Kier molecular flexibility index (Phi) is 5.69. The molecule has 21 heavy (non-hydrogen) atoms. The van der Waals surface area contributed by atoms with Gasteiger partial charge >= 0.3 is 0 Å². The highest BCUT2D eigenvalue weighted by Crippen LogP contribution is 2.12. The number of nitrogens with one attached hydrogen (secondary N) is 1. The summed E-state index contributed by atoms with van der Waals surface area (Å²) in [6, 6.07) is 13.6. The van der Waals surface area contributed by atoms with E-state index >= 15 is 0 Å². The van der Waals surface area contributed by atoms with E-state index in [1.54, 1.807) is 6.07 Å². The maximum atomic E-state index is 12.8. The van der Waals surface area contributed by atoms with Gasteiger partial charge in [0, 0.05) is 25.3 Å². The zero-order valence-electron chi connectivity index (χ0n) is 12.6. The smallest absolute Gasteiger partial charge is 0.141 e. The van der Waals surface area contributed by atoms with Crippen molar-refractivity contribution in [1.29, 1.82) is 0 Å². The summed E-state index contributed by atoms with van der Waals surface area (Å²) < 4.78 is 12.8. The molecule has 1 atom stereocenters. The van der Waals surface area contributed by atoms with Crippen molar-refractivity contribution in [2.45, 2.75) is 19.4 Å². The first-order valence-corrected chi connectivity index (χ1v) is 7.28. The molecule has 1 N–H and O–H groups in total. The Bertz CT molecular complexity index is 527. The van der Waals surface area contributed by atoms with E-state index in [1.807, 2.05) is 25.1 Å². The van der Waals surface area contributed by atoms with Gasteiger partial charge in [-0.2, -0.15) is 0 Å². The van der Waals surface area contributed by atoms with Crippen molar-refractivity contribution < 1.29 is 4.39 Å². The van der Waals surface area contributed by atoms with Gasteiger partial charge in [0.15, 0.2) is 0 Å². The number of hydrogen-bond acceptors (Lipinski definition) is 3. The largest absolute Gasteiger partial charge is 0.375 e. The lowest BCUT2D eigenvalue weighted by molar-refractivity contribution is 0.542. The summed E-state index contributed by atoms with van der Waals surface area (Å²) in [5.41, 5.74) is 2.10. The van der Waals surface area contributed by atoms with Crippen LogP contribution in [0.5, 0.6) is 0 Å². The monoisotopic (exact) mass is 287 g/mol. The minimum Gasteiger partial charge on any atom is -0.375 e. The van der Waals surface area contributed by atoms with Gasteiger partial charge in [-0.3, -0.25) is 4.98 Å². The molecule has 0 aliphatic carbocycles. The van der Waals surface area contributed by atoms with Crippen LogP contribution in [0.3, 0.4) is 0 Å². The summed E-state index contributed by atoms with van der Waals surface area (Å²) in [6.45, 7) is 3.93. The fraction of sp³-hybridized carbons (Fsp3) is 0.353. The summed E-state index contributed by atoms with van der Waals surface area (Å²) in [6.07, 6.45) is 2.30. The van der Waals surface area contributed by atoms with Crippen LogP contribution < -0.4 is 10.2 Å². The molecule has 1 heterocycles. The summed E-state index contributed by atoms with van der Waals surface area (Å²) in [4.78, 5) is 6.33. The zero-order chi connectivity index (χ0) is 15.1. The molecule has 1 unspecified atom stereocenters. The number of rotatable bonds is 7. The maximum Gasteiger partial charge on any atom is 0.141 e. The zero-order valence-corrected chi connectivity index (χ0v) is 12.6. The Hall–Kier alpha value is -1.94. The first-order valence-electron chi connectivity index (χ1n) is 7.28. The average Bonchev–Trinajstić information content (AvgIpc) is 2.52. The SMILES string of the molecule is CC(NCCCN(C)c1ccccc1)c1ccc(F)cn1. The lowest BCUT2D eigenvalue weighted by atomic mass is 10.2. The Morgan fingerprint density at radius 1 is 1.19 bits per heavy atom. The molecule has 0 radical (unpaired) electrons. The topological polar surface area (TPSA) is 28.2 Å². The fourth-order valence-electron chi connectivity index (χ4n) is 2.19. The number of hydrogen-bond donors (Lipinski definition) is 1. The van der Waals surface area contributed by atoms with Gasteiger partial charge in [-0.25, -0.2) is 4.39 Å². The van der Waals surface area contributed by atoms with Crippen molar-refractivity contribution in [1.82, 2.24) is 10.3 Å². The first kappa shape index (κ1) is 15.4. The predicted molar refractivity (Wildman–Crippen MR) is 84.9 cm³/mol. The Labute approximate surface area is 125 Å². The standard InChI is InChI=1S/C17H22FN3/c1-14(17-10-9-15(18)13-20-17)19-11-6-12-21(2)16-7-4-3-5-8-16/h3-5,7-10,13-14,19H,6,11-12H2,1-2H3. The molecular weight excluding hydrogens is 265 g/mol. The molecule has 2 rings (SSSR count). The fourth-order valence-corrected chi connectivity index (χ4v) is 2.19. The second kappa shape index (κ2) is 7.74. The molecule has 1 aromatic heterocycles. The number of benzene rings is 1. The molecule has 0 aliphatic rings. The van der Waals surface area contributed by atoms with Crippen molar-refractivity contribution in [3.05, 3.63) is 60.2 Å². The van der Waals surface area contributed by atoms with Gasteiger partial charge in [0.2, 0.25) is 0 Å². The van der Waals surface area contributed by atoms with E-state index in [4.69, 9.17) is 0 Å². The third-order valence-electron chi connectivity index (χ3n) is 3.51. The van der Waals surface area contributed by atoms with Gasteiger partial charge in [-0.05, 0) is 44.2 Å². The molecule has 0 saturated carbocycles. The molecule has 112 valence electrons. The molecular formula is C17H22FN3. The molecule has 0 amide bonds. The van der Waals surface area contributed by atoms with Gasteiger partial charge in [0.05, 0.1) is 11.9 Å². The Balaban J connectivity index is 1.71. The lowest BCUT2D eigenvalue weighted by Gasteiger charge is -2.20. The predicted octanol–water partition coefficient (Wildman–Crippen LogP) is 3.40. The molecule has 4 heteroatoms. The van der Waals surface area contributed by atoms with Crippen molar-refractivity contribution in [2.75, 3.05) is 25.0 Å². The van der Waals surface area contributed by atoms with E-state index in [0.29, 0.717) is 0 Å². The van der Waals surface area contributed by atoms with Crippen molar-refractivity contribution >= 4 is 5.69 Å². The van der Waals surface area contributed by atoms with Crippen LogP contribution in [0.2, 0.25) is 0 Å². The minimum atomic E-state index is -0.296. The summed E-state index contributed by atoms with van der Waals surface area (Å²) in [7, 11) is 2.10.